The maximum absolute atomic E-state index is 5.57. The number of hydrogen-bond acceptors (Lipinski definition) is 7. The van der Waals surface area contributed by atoms with E-state index in [-0.39, 0.29) is 0 Å². The number of methoxy groups -OCH3 is 3. The Morgan fingerprint density at radius 1 is 0.966 bits per heavy atom. The number of ether oxygens (including phenoxy) is 3. The maximum Gasteiger partial charge on any atom is 0.164 e. The van der Waals surface area contributed by atoms with E-state index in [4.69, 9.17) is 19.2 Å². The molecule has 1 aliphatic rings. The number of benzene rings is 1. The molecule has 7 nitrogen and oxygen atoms in total. The van der Waals surface area contributed by atoms with Gasteiger partial charge in [-0.1, -0.05) is 0 Å². The Kier molecular flexibility index (Phi) is 5.57. The van der Waals surface area contributed by atoms with E-state index in [0.29, 0.717) is 11.5 Å². The highest BCUT2D eigenvalue weighted by molar-refractivity contribution is 5.54. The zero-order valence-corrected chi connectivity index (χ0v) is 16.9. The molecule has 150 valence electrons. The van der Waals surface area contributed by atoms with Crippen LogP contribution in [0.1, 0.15) is 16.8 Å². The molecule has 1 aromatic carbocycles. The highest BCUT2D eigenvalue weighted by atomic mass is 16.5. The van der Waals surface area contributed by atoms with Crippen LogP contribution in [-0.2, 0) is 19.5 Å². The summed E-state index contributed by atoms with van der Waals surface area (Å²) in [7, 11) is 4.94. The summed E-state index contributed by atoms with van der Waals surface area (Å²) in [6.45, 7) is 2.45. The predicted molar refractivity (Wildman–Crippen MR) is 109 cm³/mol. The van der Waals surface area contributed by atoms with Gasteiger partial charge < -0.3 is 14.2 Å². The number of nitrogens with zero attached hydrogens (tertiary/aromatic N) is 4. The van der Waals surface area contributed by atoms with Crippen molar-refractivity contribution >= 4 is 0 Å². The molecule has 4 rings (SSSR count). The number of pyridine rings is 1. The second-order valence-corrected chi connectivity index (χ2v) is 6.88. The summed E-state index contributed by atoms with van der Waals surface area (Å²) in [5.74, 6) is 2.90. The largest absolute Gasteiger partial charge is 0.496 e. The van der Waals surface area contributed by atoms with Crippen LogP contribution >= 0.6 is 0 Å². The summed E-state index contributed by atoms with van der Waals surface area (Å²) in [5, 5.41) is 0. The zero-order chi connectivity index (χ0) is 20.2. The summed E-state index contributed by atoms with van der Waals surface area (Å²) >= 11 is 0. The fourth-order valence-corrected chi connectivity index (χ4v) is 3.61. The molecule has 0 atom stereocenters. The van der Waals surface area contributed by atoms with E-state index in [2.05, 4.69) is 14.9 Å². The molecule has 0 saturated heterocycles. The van der Waals surface area contributed by atoms with Gasteiger partial charge in [0.15, 0.2) is 17.3 Å². The molecule has 1 aliphatic heterocycles. The van der Waals surface area contributed by atoms with Gasteiger partial charge in [0.2, 0.25) is 0 Å². The van der Waals surface area contributed by atoms with Gasteiger partial charge in [-0.05, 0) is 18.2 Å². The Morgan fingerprint density at radius 3 is 2.41 bits per heavy atom. The normalized spacial score (nSPS) is 13.6. The molecule has 2 aromatic heterocycles. The molecule has 0 fully saturated rings. The van der Waals surface area contributed by atoms with Crippen LogP contribution in [0.4, 0.5) is 0 Å². The van der Waals surface area contributed by atoms with Crippen LogP contribution in [0, 0.1) is 0 Å². The Hall–Kier alpha value is -3.19. The van der Waals surface area contributed by atoms with Crippen LogP contribution in [0.3, 0.4) is 0 Å². The first-order valence-electron chi connectivity index (χ1n) is 9.48. The molecular weight excluding hydrogens is 368 g/mol. The van der Waals surface area contributed by atoms with Crippen molar-refractivity contribution in [1.29, 1.82) is 0 Å². The van der Waals surface area contributed by atoms with E-state index in [9.17, 15) is 0 Å². The van der Waals surface area contributed by atoms with Gasteiger partial charge in [-0.25, -0.2) is 9.97 Å². The van der Waals surface area contributed by atoms with Crippen LogP contribution in [0.25, 0.3) is 11.4 Å². The average Bonchev–Trinajstić information content (AvgIpc) is 2.79. The third-order valence-electron chi connectivity index (χ3n) is 5.13. The number of hydrogen-bond donors (Lipinski definition) is 0. The lowest BCUT2D eigenvalue weighted by molar-refractivity contribution is 0.238. The first-order chi connectivity index (χ1) is 14.2. The minimum absolute atomic E-state index is 0.661. The molecule has 0 aliphatic carbocycles. The van der Waals surface area contributed by atoms with E-state index >= 15 is 0 Å². The minimum Gasteiger partial charge on any atom is -0.496 e. The van der Waals surface area contributed by atoms with E-state index < -0.39 is 0 Å². The van der Waals surface area contributed by atoms with Gasteiger partial charge in [0.05, 0.1) is 27.0 Å². The highest BCUT2D eigenvalue weighted by Gasteiger charge is 2.21. The molecule has 3 aromatic rings. The second kappa shape index (κ2) is 8.45. The van der Waals surface area contributed by atoms with Crippen LogP contribution in [0.5, 0.6) is 17.2 Å². The fraction of sp³-hybridized carbons (Fsp3) is 0.318. The Balaban J connectivity index is 1.54. The molecule has 0 unspecified atom stereocenters. The van der Waals surface area contributed by atoms with E-state index in [0.717, 1.165) is 60.0 Å². The van der Waals surface area contributed by atoms with Gasteiger partial charge >= 0.3 is 0 Å². The standard InChI is InChI=1S/C22H24N4O3/c1-27-19-11-21(29-3)20(28-2)10-16(19)13-26-9-6-18-17(14-26)12-24-22(25-18)15-4-7-23-8-5-15/h4-5,7-8,10-12H,6,9,13-14H2,1-3H3. The molecule has 0 saturated carbocycles. The van der Waals surface area contributed by atoms with Gasteiger partial charge in [-0.15, -0.1) is 0 Å². The van der Waals surface area contributed by atoms with E-state index in [1.54, 1.807) is 33.7 Å². The fourth-order valence-electron chi connectivity index (χ4n) is 3.61. The molecule has 0 spiro atoms. The van der Waals surface area contributed by atoms with Gasteiger partial charge in [-0.2, -0.15) is 0 Å². The zero-order valence-electron chi connectivity index (χ0n) is 16.9. The minimum atomic E-state index is 0.661. The van der Waals surface area contributed by atoms with Gasteiger partial charge in [-0.3, -0.25) is 9.88 Å². The first kappa shape index (κ1) is 19.1. The van der Waals surface area contributed by atoms with Crippen molar-refractivity contribution in [3.63, 3.8) is 0 Å². The number of aromatic nitrogens is 3. The molecule has 29 heavy (non-hydrogen) atoms. The van der Waals surface area contributed by atoms with E-state index in [1.165, 1.54) is 0 Å². The van der Waals surface area contributed by atoms with Crippen molar-refractivity contribution in [3.8, 4) is 28.6 Å². The number of rotatable bonds is 6. The third-order valence-corrected chi connectivity index (χ3v) is 5.13. The lowest BCUT2D eigenvalue weighted by Gasteiger charge is -2.28. The molecular formula is C22H24N4O3. The highest BCUT2D eigenvalue weighted by Crippen LogP contribution is 2.35. The van der Waals surface area contributed by atoms with Crippen LogP contribution in [-0.4, -0.2) is 47.7 Å². The van der Waals surface area contributed by atoms with Crippen molar-refractivity contribution in [2.45, 2.75) is 19.5 Å². The average molecular weight is 392 g/mol. The quantitative estimate of drug-likeness (QED) is 0.638. The predicted octanol–water partition coefficient (Wildman–Crippen LogP) is 3.12. The molecule has 0 radical (unpaired) electrons. The first-order valence-corrected chi connectivity index (χ1v) is 9.48. The third kappa shape index (κ3) is 4.00. The summed E-state index contributed by atoms with van der Waals surface area (Å²) in [6, 6.07) is 7.72. The monoisotopic (exact) mass is 392 g/mol. The van der Waals surface area contributed by atoms with Gasteiger partial charge in [0, 0.05) is 67.4 Å². The van der Waals surface area contributed by atoms with Gasteiger partial charge in [0.1, 0.15) is 5.75 Å². The second-order valence-electron chi connectivity index (χ2n) is 6.88. The van der Waals surface area contributed by atoms with Crippen molar-refractivity contribution in [1.82, 2.24) is 19.9 Å². The lowest BCUT2D eigenvalue weighted by atomic mass is 10.1. The molecule has 0 amide bonds. The maximum atomic E-state index is 5.57. The molecule has 3 heterocycles. The van der Waals surface area contributed by atoms with Crippen molar-refractivity contribution in [2.75, 3.05) is 27.9 Å². The van der Waals surface area contributed by atoms with Crippen LogP contribution < -0.4 is 14.2 Å². The molecule has 0 bridgehead atoms. The summed E-state index contributed by atoms with van der Waals surface area (Å²) < 4.78 is 16.4. The van der Waals surface area contributed by atoms with Crippen molar-refractivity contribution in [3.05, 3.63) is 59.7 Å². The summed E-state index contributed by atoms with van der Waals surface area (Å²) in [6.07, 6.45) is 6.34. The SMILES string of the molecule is COc1cc(OC)c(OC)cc1CN1CCc2nc(-c3ccncc3)ncc2C1. The van der Waals surface area contributed by atoms with Crippen LogP contribution in [0.2, 0.25) is 0 Å². The smallest absolute Gasteiger partial charge is 0.164 e. The summed E-state index contributed by atoms with van der Waals surface area (Å²) in [5.41, 5.74) is 4.32. The molecule has 0 N–H and O–H groups in total. The molecule has 7 heteroatoms. The van der Waals surface area contributed by atoms with Gasteiger partial charge in [0.25, 0.3) is 0 Å². The topological polar surface area (TPSA) is 69.6 Å². The van der Waals surface area contributed by atoms with Crippen LogP contribution in [0.15, 0.2) is 42.9 Å². The van der Waals surface area contributed by atoms with Crippen molar-refractivity contribution < 1.29 is 14.2 Å². The lowest BCUT2D eigenvalue weighted by Crippen LogP contribution is -2.31. The summed E-state index contributed by atoms with van der Waals surface area (Å²) in [4.78, 5) is 15.8. The Labute approximate surface area is 170 Å². The van der Waals surface area contributed by atoms with Crippen molar-refractivity contribution in [2.24, 2.45) is 0 Å². The van der Waals surface area contributed by atoms with E-state index in [1.807, 2.05) is 30.5 Å². The Bertz CT molecular complexity index is 995. The number of fused-ring (bicyclic) bond motifs is 1. The Morgan fingerprint density at radius 2 is 1.69 bits per heavy atom.